The van der Waals surface area contributed by atoms with Gasteiger partial charge in [-0.1, -0.05) is 42.5 Å². The Morgan fingerprint density at radius 3 is 2.53 bits per heavy atom. The van der Waals surface area contributed by atoms with Gasteiger partial charge in [-0.2, -0.15) is 0 Å². The van der Waals surface area contributed by atoms with Gasteiger partial charge in [0.25, 0.3) is 5.91 Å². The summed E-state index contributed by atoms with van der Waals surface area (Å²) in [7, 11) is 3.46. The molecule has 0 unspecified atom stereocenters. The quantitative estimate of drug-likeness (QED) is 0.569. The van der Waals surface area contributed by atoms with Gasteiger partial charge in [0.15, 0.2) is 6.10 Å². The van der Waals surface area contributed by atoms with E-state index in [9.17, 15) is 9.59 Å². The fourth-order valence-electron chi connectivity index (χ4n) is 3.94. The maximum atomic E-state index is 13.8. The molecule has 0 aliphatic carbocycles. The van der Waals surface area contributed by atoms with Crippen molar-refractivity contribution in [2.75, 3.05) is 32.1 Å². The second-order valence-electron chi connectivity index (χ2n) is 7.57. The van der Waals surface area contributed by atoms with Gasteiger partial charge in [0.2, 0.25) is 0 Å². The first kappa shape index (κ1) is 22.2. The molecule has 0 saturated heterocycles. The minimum Gasteiger partial charge on any atom is -0.497 e. The van der Waals surface area contributed by atoms with E-state index in [0.29, 0.717) is 13.1 Å². The molecule has 0 radical (unpaired) electrons. The predicted octanol–water partition coefficient (Wildman–Crippen LogP) is 4.18. The summed E-state index contributed by atoms with van der Waals surface area (Å²) < 4.78 is 11.0. The molecular formula is C25H26N2O4S. The van der Waals surface area contributed by atoms with Crippen molar-refractivity contribution in [3.8, 4) is 5.75 Å². The summed E-state index contributed by atoms with van der Waals surface area (Å²) in [5.74, 6) is 0.0221. The zero-order chi connectivity index (χ0) is 22.7. The van der Waals surface area contributed by atoms with Gasteiger partial charge in [-0.3, -0.25) is 9.59 Å². The largest absolute Gasteiger partial charge is 0.497 e. The minimum absolute atomic E-state index is 0.224. The van der Waals surface area contributed by atoms with E-state index in [4.69, 9.17) is 9.47 Å². The molecule has 166 valence electrons. The highest BCUT2D eigenvalue weighted by Crippen LogP contribution is 2.49. The maximum absolute atomic E-state index is 13.8. The van der Waals surface area contributed by atoms with Crippen LogP contribution in [0, 0.1) is 0 Å². The first-order chi connectivity index (χ1) is 15.5. The standard InChI is InChI=1S/C25H26N2O4S/c1-16(28)31-22-23(18-8-11-19(30-3)12-9-18)32-24-20-7-5-4-6-17(20)10-13-21(24)27(25(22)29)15-14-26-2/h4-13,22-23,26H,14-15H2,1-3H3/t22-,23+/m1/s1. The Morgan fingerprint density at radius 2 is 1.84 bits per heavy atom. The number of amides is 1. The van der Waals surface area contributed by atoms with Gasteiger partial charge in [-0.05, 0) is 41.6 Å². The summed E-state index contributed by atoms with van der Waals surface area (Å²) in [4.78, 5) is 28.5. The Bertz CT molecular complexity index is 1130. The molecule has 0 saturated carbocycles. The van der Waals surface area contributed by atoms with Crippen LogP contribution in [-0.4, -0.2) is 45.2 Å². The zero-order valence-corrected chi connectivity index (χ0v) is 19.1. The van der Waals surface area contributed by atoms with Gasteiger partial charge < -0.3 is 19.7 Å². The van der Waals surface area contributed by atoms with Gasteiger partial charge in [-0.15, -0.1) is 11.8 Å². The molecule has 1 N–H and O–H groups in total. The number of esters is 1. The number of nitrogens with one attached hydrogen (secondary N) is 1. The summed E-state index contributed by atoms with van der Waals surface area (Å²) >= 11 is 1.56. The van der Waals surface area contributed by atoms with Gasteiger partial charge in [0.05, 0.1) is 18.0 Å². The Kier molecular flexibility index (Phi) is 6.67. The number of carbonyl (C=O) groups is 2. The van der Waals surface area contributed by atoms with Crippen molar-refractivity contribution in [2.24, 2.45) is 0 Å². The molecule has 4 rings (SSSR count). The summed E-state index contributed by atoms with van der Waals surface area (Å²) in [6, 6.07) is 19.7. The smallest absolute Gasteiger partial charge is 0.303 e. The Labute approximate surface area is 191 Å². The molecule has 1 aliphatic heterocycles. The maximum Gasteiger partial charge on any atom is 0.303 e. The molecule has 0 fully saturated rings. The van der Waals surface area contributed by atoms with E-state index < -0.39 is 17.3 Å². The van der Waals surface area contributed by atoms with Crippen molar-refractivity contribution in [1.29, 1.82) is 0 Å². The SMILES string of the molecule is CNCCN1C(=O)[C@H](OC(C)=O)[C@H](c2ccc(OC)cc2)Sc2c1ccc1ccccc21. The second-order valence-corrected chi connectivity index (χ2v) is 8.72. The number of hydrogen-bond acceptors (Lipinski definition) is 6. The zero-order valence-electron chi connectivity index (χ0n) is 18.3. The Morgan fingerprint density at radius 1 is 1.09 bits per heavy atom. The molecule has 0 aromatic heterocycles. The van der Waals surface area contributed by atoms with E-state index in [2.05, 4.69) is 17.4 Å². The normalized spacial score (nSPS) is 18.2. The van der Waals surface area contributed by atoms with Crippen LogP contribution in [0.15, 0.2) is 65.6 Å². The summed E-state index contributed by atoms with van der Waals surface area (Å²) in [6.07, 6.45) is -0.950. The van der Waals surface area contributed by atoms with E-state index in [0.717, 1.165) is 32.7 Å². The van der Waals surface area contributed by atoms with Crippen molar-refractivity contribution < 1.29 is 19.1 Å². The van der Waals surface area contributed by atoms with Crippen LogP contribution in [0.1, 0.15) is 17.7 Å². The number of ether oxygens (including phenoxy) is 2. The first-order valence-electron chi connectivity index (χ1n) is 10.5. The molecule has 1 heterocycles. The van der Waals surface area contributed by atoms with Crippen LogP contribution in [0.5, 0.6) is 5.75 Å². The Balaban J connectivity index is 1.90. The fraction of sp³-hybridized carbons (Fsp3) is 0.280. The number of hydrogen-bond donors (Lipinski definition) is 1. The molecule has 1 amide bonds. The van der Waals surface area contributed by atoms with Crippen LogP contribution in [0.3, 0.4) is 0 Å². The van der Waals surface area contributed by atoms with Gasteiger partial charge in [0.1, 0.15) is 5.75 Å². The molecule has 3 aromatic carbocycles. The first-order valence-corrected chi connectivity index (χ1v) is 11.4. The molecule has 0 bridgehead atoms. The minimum atomic E-state index is -0.950. The van der Waals surface area contributed by atoms with Crippen molar-refractivity contribution in [3.63, 3.8) is 0 Å². The fourth-order valence-corrected chi connectivity index (χ4v) is 5.39. The molecule has 7 heteroatoms. The number of nitrogens with zero attached hydrogens (tertiary/aromatic N) is 1. The average Bonchev–Trinajstić information content (AvgIpc) is 2.92. The average molecular weight is 451 g/mol. The van der Waals surface area contributed by atoms with Crippen LogP contribution in [0.2, 0.25) is 0 Å². The van der Waals surface area contributed by atoms with Crippen LogP contribution in [-0.2, 0) is 14.3 Å². The van der Waals surface area contributed by atoms with Crippen molar-refractivity contribution >= 4 is 40.1 Å². The highest BCUT2D eigenvalue weighted by molar-refractivity contribution is 8.00. The summed E-state index contributed by atoms with van der Waals surface area (Å²) in [5.41, 5.74) is 1.73. The van der Waals surface area contributed by atoms with Crippen LogP contribution in [0.25, 0.3) is 10.8 Å². The summed E-state index contributed by atoms with van der Waals surface area (Å²) in [6.45, 7) is 2.42. The lowest BCUT2D eigenvalue weighted by atomic mass is 10.0. The van der Waals surface area contributed by atoms with Gasteiger partial charge in [0, 0.05) is 24.9 Å². The van der Waals surface area contributed by atoms with Crippen LogP contribution >= 0.6 is 11.8 Å². The molecule has 6 nitrogen and oxygen atoms in total. The van der Waals surface area contributed by atoms with Crippen LogP contribution in [0.4, 0.5) is 5.69 Å². The van der Waals surface area contributed by atoms with Crippen LogP contribution < -0.4 is 15.0 Å². The summed E-state index contributed by atoms with van der Waals surface area (Å²) in [5, 5.41) is 4.88. The van der Waals surface area contributed by atoms with E-state index in [1.54, 1.807) is 23.8 Å². The highest BCUT2D eigenvalue weighted by Gasteiger charge is 2.41. The van der Waals surface area contributed by atoms with E-state index in [1.807, 2.05) is 55.6 Å². The number of rotatable bonds is 6. The molecule has 2 atom stereocenters. The second kappa shape index (κ2) is 9.63. The number of methoxy groups -OCH3 is 1. The third kappa shape index (κ3) is 4.31. The third-order valence-electron chi connectivity index (χ3n) is 5.50. The predicted molar refractivity (Wildman–Crippen MR) is 127 cm³/mol. The molecule has 0 spiro atoms. The number of carbonyl (C=O) groups excluding carboxylic acids is 2. The number of fused-ring (bicyclic) bond motifs is 3. The van der Waals surface area contributed by atoms with E-state index in [-0.39, 0.29) is 5.91 Å². The lowest BCUT2D eigenvalue weighted by Gasteiger charge is -2.27. The number of thioether (sulfide) groups is 1. The number of likely N-dealkylation sites (N-methyl/N-ethyl adjacent to an activating group) is 1. The van der Waals surface area contributed by atoms with Gasteiger partial charge in [-0.25, -0.2) is 0 Å². The van der Waals surface area contributed by atoms with Gasteiger partial charge >= 0.3 is 5.97 Å². The number of anilines is 1. The van der Waals surface area contributed by atoms with E-state index >= 15 is 0 Å². The number of benzene rings is 3. The van der Waals surface area contributed by atoms with Crippen molar-refractivity contribution in [2.45, 2.75) is 23.2 Å². The topological polar surface area (TPSA) is 67.9 Å². The lowest BCUT2D eigenvalue weighted by Crippen LogP contribution is -2.45. The Hall–Kier alpha value is -3.03. The molecule has 1 aliphatic rings. The van der Waals surface area contributed by atoms with Crippen molar-refractivity contribution in [1.82, 2.24) is 5.32 Å². The van der Waals surface area contributed by atoms with E-state index in [1.165, 1.54) is 6.92 Å². The molecule has 3 aromatic rings. The van der Waals surface area contributed by atoms with Crippen molar-refractivity contribution in [3.05, 3.63) is 66.2 Å². The third-order valence-corrected chi connectivity index (χ3v) is 6.94. The molecular weight excluding hydrogens is 424 g/mol. The monoisotopic (exact) mass is 450 g/mol. The lowest BCUT2D eigenvalue weighted by molar-refractivity contribution is -0.152. The highest BCUT2D eigenvalue weighted by atomic mass is 32.2. The molecule has 32 heavy (non-hydrogen) atoms.